The summed E-state index contributed by atoms with van der Waals surface area (Å²) in [5, 5.41) is 14.6. The van der Waals surface area contributed by atoms with Crippen LogP contribution in [0.4, 0.5) is 11.4 Å². The lowest BCUT2D eigenvalue weighted by Gasteiger charge is -2.15. The molecule has 112 valence electrons. The Bertz CT molecular complexity index is 438. The second-order valence-electron chi connectivity index (χ2n) is 5.17. The maximum Gasteiger partial charge on any atom is 0.293 e. The molecule has 0 radical (unpaired) electrons. The lowest BCUT2D eigenvalue weighted by atomic mass is 10.1. The third-order valence-corrected chi connectivity index (χ3v) is 3.53. The van der Waals surface area contributed by atoms with Crippen molar-refractivity contribution in [1.29, 1.82) is 0 Å². The largest absolute Gasteiger partial charge is 0.377 e. The summed E-state index contributed by atoms with van der Waals surface area (Å²) in [5.41, 5.74) is 0.579. The number of unbranched alkanes of at least 4 members (excludes halogenated alkanes) is 4. The van der Waals surface area contributed by atoms with Gasteiger partial charge in [0.2, 0.25) is 0 Å². The van der Waals surface area contributed by atoms with Crippen molar-refractivity contribution in [1.82, 2.24) is 0 Å². The van der Waals surface area contributed by atoms with Gasteiger partial charge in [-0.2, -0.15) is 0 Å². The fourth-order valence-electron chi connectivity index (χ4n) is 2.17. The number of rotatable bonds is 9. The number of benzene rings is 1. The van der Waals surface area contributed by atoms with Gasteiger partial charge in [0.15, 0.2) is 0 Å². The molecule has 0 spiro atoms. The van der Waals surface area contributed by atoms with Crippen LogP contribution in [0.1, 0.15) is 52.4 Å². The zero-order valence-corrected chi connectivity index (χ0v) is 12.9. The first kappa shape index (κ1) is 16.8. The van der Waals surface area contributed by atoms with Crippen molar-refractivity contribution in [2.75, 3.05) is 5.32 Å². The Kier molecular flexibility index (Phi) is 7.37. The molecule has 1 aromatic carbocycles. The summed E-state index contributed by atoms with van der Waals surface area (Å²) in [6.45, 7) is 4.25. The second kappa shape index (κ2) is 8.80. The Balaban J connectivity index is 2.49. The van der Waals surface area contributed by atoms with Crippen molar-refractivity contribution in [3.63, 3.8) is 0 Å². The molecule has 0 aliphatic carbocycles. The average molecular weight is 299 g/mol. The van der Waals surface area contributed by atoms with Crippen LogP contribution in [-0.4, -0.2) is 11.0 Å². The van der Waals surface area contributed by atoms with Crippen LogP contribution in [0.5, 0.6) is 0 Å². The Labute approximate surface area is 125 Å². The van der Waals surface area contributed by atoms with Crippen molar-refractivity contribution in [3.8, 4) is 0 Å². The molecular formula is C15H23ClN2O2. The topological polar surface area (TPSA) is 55.2 Å². The molecule has 1 atom stereocenters. The average Bonchev–Trinajstić information content (AvgIpc) is 2.40. The summed E-state index contributed by atoms with van der Waals surface area (Å²) in [6, 6.07) is 4.95. The van der Waals surface area contributed by atoms with E-state index < -0.39 is 4.92 Å². The molecule has 5 heteroatoms. The quantitative estimate of drug-likeness (QED) is 0.377. The highest BCUT2D eigenvalue weighted by molar-refractivity contribution is 6.30. The van der Waals surface area contributed by atoms with Gasteiger partial charge in [0.05, 0.1) is 4.92 Å². The predicted molar refractivity (Wildman–Crippen MR) is 84.6 cm³/mol. The maximum absolute atomic E-state index is 11.0. The summed E-state index contributed by atoms with van der Waals surface area (Å²) < 4.78 is 0. The van der Waals surface area contributed by atoms with Gasteiger partial charge in [0.1, 0.15) is 5.69 Å². The molecule has 0 heterocycles. The van der Waals surface area contributed by atoms with Crippen LogP contribution in [-0.2, 0) is 0 Å². The smallest absolute Gasteiger partial charge is 0.293 e. The van der Waals surface area contributed by atoms with Crippen molar-refractivity contribution in [2.24, 2.45) is 0 Å². The highest BCUT2D eigenvalue weighted by Gasteiger charge is 2.15. The lowest BCUT2D eigenvalue weighted by Crippen LogP contribution is -2.15. The first-order valence-corrected chi connectivity index (χ1v) is 7.63. The molecule has 0 saturated carbocycles. The minimum Gasteiger partial charge on any atom is -0.377 e. The Hall–Kier alpha value is -1.29. The van der Waals surface area contributed by atoms with Crippen LogP contribution >= 0.6 is 11.6 Å². The molecular weight excluding hydrogens is 276 g/mol. The van der Waals surface area contributed by atoms with Crippen molar-refractivity contribution < 1.29 is 4.92 Å². The summed E-state index contributed by atoms with van der Waals surface area (Å²) >= 11 is 5.80. The Morgan fingerprint density at radius 2 is 2.00 bits per heavy atom. The van der Waals surface area contributed by atoms with Gasteiger partial charge >= 0.3 is 0 Å². The van der Waals surface area contributed by atoms with E-state index in [1.807, 2.05) is 0 Å². The number of anilines is 1. The standard InChI is InChI=1S/C15H23ClN2O2/c1-3-4-5-6-7-8-12(2)17-14-10-9-13(16)11-15(14)18(19)20/h9-12,17H,3-8H2,1-2H3. The van der Waals surface area contributed by atoms with Crippen LogP contribution in [0, 0.1) is 10.1 Å². The molecule has 0 aromatic heterocycles. The zero-order valence-electron chi connectivity index (χ0n) is 12.2. The predicted octanol–water partition coefficient (Wildman–Crippen LogP) is 5.41. The molecule has 0 fully saturated rings. The number of halogens is 1. The van der Waals surface area contributed by atoms with Crippen molar-refractivity contribution >= 4 is 23.0 Å². The van der Waals surface area contributed by atoms with Crippen LogP contribution in [0.15, 0.2) is 18.2 Å². The van der Waals surface area contributed by atoms with E-state index in [0.29, 0.717) is 10.7 Å². The number of nitrogens with one attached hydrogen (secondary N) is 1. The zero-order chi connectivity index (χ0) is 15.0. The van der Waals surface area contributed by atoms with E-state index >= 15 is 0 Å². The van der Waals surface area contributed by atoms with Gasteiger partial charge < -0.3 is 5.32 Å². The van der Waals surface area contributed by atoms with E-state index in [1.165, 1.54) is 31.7 Å². The highest BCUT2D eigenvalue weighted by atomic mass is 35.5. The van der Waals surface area contributed by atoms with Crippen molar-refractivity contribution in [3.05, 3.63) is 33.3 Å². The summed E-state index contributed by atoms with van der Waals surface area (Å²) in [6.07, 6.45) is 7.18. The van der Waals surface area contributed by atoms with Gasteiger partial charge in [-0.1, -0.05) is 50.6 Å². The number of nitrogens with zero attached hydrogens (tertiary/aromatic N) is 1. The highest BCUT2D eigenvalue weighted by Crippen LogP contribution is 2.28. The number of nitro benzene ring substituents is 1. The van der Waals surface area contributed by atoms with Gasteiger partial charge in [0.25, 0.3) is 5.69 Å². The monoisotopic (exact) mass is 298 g/mol. The van der Waals surface area contributed by atoms with Gasteiger partial charge in [-0.3, -0.25) is 10.1 Å². The van der Waals surface area contributed by atoms with E-state index in [4.69, 9.17) is 11.6 Å². The summed E-state index contributed by atoms with van der Waals surface area (Å²) in [5.74, 6) is 0. The number of hydrogen-bond acceptors (Lipinski definition) is 3. The second-order valence-corrected chi connectivity index (χ2v) is 5.60. The fourth-order valence-corrected chi connectivity index (χ4v) is 2.34. The molecule has 0 amide bonds. The minimum absolute atomic E-state index is 0.0373. The van der Waals surface area contributed by atoms with E-state index in [0.717, 1.165) is 12.8 Å². The molecule has 1 aromatic rings. The molecule has 4 nitrogen and oxygen atoms in total. The fraction of sp³-hybridized carbons (Fsp3) is 0.600. The van der Waals surface area contributed by atoms with E-state index in [2.05, 4.69) is 19.2 Å². The normalized spacial score (nSPS) is 12.2. The van der Waals surface area contributed by atoms with Crippen LogP contribution in [0.25, 0.3) is 0 Å². The van der Waals surface area contributed by atoms with Crippen LogP contribution < -0.4 is 5.32 Å². The van der Waals surface area contributed by atoms with E-state index in [1.54, 1.807) is 12.1 Å². The van der Waals surface area contributed by atoms with Gasteiger partial charge in [-0.15, -0.1) is 0 Å². The summed E-state index contributed by atoms with van der Waals surface area (Å²) in [7, 11) is 0. The minimum atomic E-state index is -0.401. The van der Waals surface area contributed by atoms with Crippen LogP contribution in [0.2, 0.25) is 5.02 Å². The van der Waals surface area contributed by atoms with Crippen LogP contribution in [0.3, 0.4) is 0 Å². The van der Waals surface area contributed by atoms with Gasteiger partial charge in [0, 0.05) is 17.1 Å². The molecule has 1 unspecified atom stereocenters. The molecule has 20 heavy (non-hydrogen) atoms. The SMILES string of the molecule is CCCCCCCC(C)Nc1ccc(Cl)cc1[N+](=O)[O-]. The molecule has 0 bridgehead atoms. The Morgan fingerprint density at radius 3 is 2.65 bits per heavy atom. The van der Waals surface area contributed by atoms with E-state index in [9.17, 15) is 10.1 Å². The molecule has 0 saturated heterocycles. The van der Waals surface area contributed by atoms with Gasteiger partial charge in [-0.05, 0) is 25.5 Å². The third-order valence-electron chi connectivity index (χ3n) is 3.30. The third kappa shape index (κ3) is 5.78. The molecule has 0 aliphatic heterocycles. The van der Waals surface area contributed by atoms with Gasteiger partial charge in [-0.25, -0.2) is 0 Å². The Morgan fingerprint density at radius 1 is 1.30 bits per heavy atom. The first-order chi connectivity index (χ1) is 9.54. The first-order valence-electron chi connectivity index (χ1n) is 7.25. The van der Waals surface area contributed by atoms with E-state index in [-0.39, 0.29) is 11.7 Å². The number of nitro groups is 1. The molecule has 1 N–H and O–H groups in total. The maximum atomic E-state index is 11.0. The molecule has 1 rings (SSSR count). The molecule has 0 aliphatic rings. The lowest BCUT2D eigenvalue weighted by molar-refractivity contribution is -0.384. The summed E-state index contributed by atoms with van der Waals surface area (Å²) in [4.78, 5) is 10.6. The van der Waals surface area contributed by atoms with Crippen molar-refractivity contribution in [2.45, 2.75) is 58.4 Å². The number of hydrogen-bond donors (Lipinski definition) is 1.